The van der Waals surface area contributed by atoms with Crippen LogP contribution in [-0.2, 0) is 14.8 Å². The van der Waals surface area contributed by atoms with Crippen molar-refractivity contribution in [1.82, 2.24) is 4.31 Å². The van der Waals surface area contributed by atoms with E-state index < -0.39 is 15.9 Å². The SMILES string of the molecule is Cc1cc(Cl)ccc1NC(=O)c1cc(S(=O)(=O)N2CCOCC2)c(Cl)cc1Cl. The predicted molar refractivity (Wildman–Crippen MR) is 110 cm³/mol. The molecule has 0 aliphatic carbocycles. The molecular weight excluding hydrogens is 447 g/mol. The molecular formula is C18H17Cl3N2O4S. The molecule has 1 N–H and O–H groups in total. The summed E-state index contributed by atoms with van der Waals surface area (Å²) in [6.45, 7) is 2.82. The van der Waals surface area contributed by atoms with Gasteiger partial charge in [0.2, 0.25) is 10.0 Å². The molecule has 3 rings (SSSR count). The molecule has 0 bridgehead atoms. The van der Waals surface area contributed by atoms with Crippen LogP contribution in [0.4, 0.5) is 5.69 Å². The molecule has 2 aromatic carbocycles. The summed E-state index contributed by atoms with van der Waals surface area (Å²) in [5, 5.41) is 3.26. The van der Waals surface area contributed by atoms with E-state index in [1.54, 1.807) is 25.1 Å². The van der Waals surface area contributed by atoms with E-state index in [0.29, 0.717) is 23.9 Å². The minimum Gasteiger partial charge on any atom is -0.379 e. The smallest absolute Gasteiger partial charge is 0.257 e. The van der Waals surface area contributed by atoms with Crippen molar-refractivity contribution in [3.05, 3.63) is 56.5 Å². The fraction of sp³-hybridized carbons (Fsp3) is 0.278. The Labute approximate surface area is 178 Å². The number of rotatable bonds is 4. The number of anilines is 1. The molecule has 28 heavy (non-hydrogen) atoms. The van der Waals surface area contributed by atoms with Crippen LogP contribution in [-0.4, -0.2) is 44.9 Å². The van der Waals surface area contributed by atoms with E-state index in [-0.39, 0.29) is 33.6 Å². The third-order valence-corrected chi connectivity index (χ3v) is 7.20. The summed E-state index contributed by atoms with van der Waals surface area (Å²) >= 11 is 18.2. The van der Waals surface area contributed by atoms with Gasteiger partial charge < -0.3 is 10.1 Å². The highest BCUT2D eigenvalue weighted by Crippen LogP contribution is 2.32. The quantitative estimate of drug-likeness (QED) is 0.736. The zero-order valence-corrected chi connectivity index (χ0v) is 17.9. The zero-order chi connectivity index (χ0) is 20.5. The second kappa shape index (κ2) is 8.57. The van der Waals surface area contributed by atoms with Crippen LogP contribution in [0.15, 0.2) is 35.2 Å². The van der Waals surface area contributed by atoms with Crippen molar-refractivity contribution in [1.29, 1.82) is 0 Å². The summed E-state index contributed by atoms with van der Waals surface area (Å²) in [6, 6.07) is 7.47. The molecule has 1 fully saturated rings. The molecule has 1 amide bonds. The highest BCUT2D eigenvalue weighted by atomic mass is 35.5. The number of sulfonamides is 1. The Bertz CT molecular complexity index is 1020. The van der Waals surface area contributed by atoms with Crippen LogP contribution in [0.5, 0.6) is 0 Å². The van der Waals surface area contributed by atoms with Crippen molar-refractivity contribution in [3.8, 4) is 0 Å². The number of hydrogen-bond donors (Lipinski definition) is 1. The fourth-order valence-corrected chi connectivity index (χ4v) is 5.25. The van der Waals surface area contributed by atoms with E-state index in [4.69, 9.17) is 39.5 Å². The van der Waals surface area contributed by atoms with Crippen molar-refractivity contribution in [3.63, 3.8) is 0 Å². The largest absolute Gasteiger partial charge is 0.379 e. The maximum atomic E-state index is 12.9. The van der Waals surface area contributed by atoms with Gasteiger partial charge in [-0.05, 0) is 42.8 Å². The maximum absolute atomic E-state index is 12.9. The van der Waals surface area contributed by atoms with E-state index in [1.165, 1.54) is 16.4 Å². The van der Waals surface area contributed by atoms with Gasteiger partial charge in [-0.15, -0.1) is 0 Å². The fourth-order valence-electron chi connectivity index (χ4n) is 2.78. The standard InChI is InChI=1S/C18H17Cl3N2O4S/c1-11-8-12(19)2-3-16(11)22-18(24)13-9-17(15(21)10-14(13)20)28(25,26)23-4-6-27-7-5-23/h2-3,8-10H,4-7H2,1H3,(H,22,24). The van der Waals surface area contributed by atoms with Crippen LogP contribution in [0, 0.1) is 6.92 Å². The second-order valence-electron chi connectivity index (χ2n) is 6.19. The first kappa shape index (κ1) is 21.4. The number of ether oxygens (including phenoxy) is 1. The van der Waals surface area contributed by atoms with Gasteiger partial charge in [0, 0.05) is 23.8 Å². The molecule has 2 aromatic rings. The van der Waals surface area contributed by atoms with Gasteiger partial charge in [-0.2, -0.15) is 4.31 Å². The molecule has 0 unspecified atom stereocenters. The first-order valence-electron chi connectivity index (χ1n) is 8.34. The maximum Gasteiger partial charge on any atom is 0.257 e. The molecule has 1 aliphatic rings. The predicted octanol–water partition coefficient (Wildman–Crippen LogP) is 4.23. The first-order chi connectivity index (χ1) is 13.2. The number of halogens is 3. The van der Waals surface area contributed by atoms with E-state index in [1.807, 2.05) is 0 Å². The molecule has 0 aromatic heterocycles. The van der Waals surface area contributed by atoms with Crippen LogP contribution < -0.4 is 5.32 Å². The lowest BCUT2D eigenvalue weighted by Gasteiger charge is -2.26. The summed E-state index contributed by atoms with van der Waals surface area (Å²) in [6.07, 6.45) is 0. The van der Waals surface area contributed by atoms with E-state index in [0.717, 1.165) is 5.56 Å². The van der Waals surface area contributed by atoms with Crippen molar-refractivity contribution in [2.24, 2.45) is 0 Å². The molecule has 6 nitrogen and oxygen atoms in total. The number of amides is 1. The molecule has 0 spiro atoms. The summed E-state index contributed by atoms with van der Waals surface area (Å²) in [5.74, 6) is -0.550. The normalized spacial score (nSPS) is 15.4. The van der Waals surface area contributed by atoms with Crippen LogP contribution >= 0.6 is 34.8 Å². The minimum atomic E-state index is -3.89. The van der Waals surface area contributed by atoms with Crippen molar-refractivity contribution in [2.75, 3.05) is 31.6 Å². The highest BCUT2D eigenvalue weighted by Gasteiger charge is 2.30. The Hall–Kier alpha value is -1.35. The molecule has 0 radical (unpaired) electrons. The van der Waals surface area contributed by atoms with Gasteiger partial charge in [0.1, 0.15) is 4.90 Å². The molecule has 0 saturated carbocycles. The number of aryl methyl sites for hydroxylation is 1. The lowest BCUT2D eigenvalue weighted by molar-refractivity contribution is 0.0730. The van der Waals surface area contributed by atoms with Gasteiger partial charge >= 0.3 is 0 Å². The third-order valence-electron chi connectivity index (χ3n) is 4.29. The number of carbonyl (C=O) groups excluding carboxylic acids is 1. The highest BCUT2D eigenvalue weighted by molar-refractivity contribution is 7.89. The number of benzene rings is 2. The second-order valence-corrected chi connectivity index (χ2v) is 9.35. The third kappa shape index (κ3) is 4.45. The number of nitrogens with one attached hydrogen (secondary N) is 1. The summed E-state index contributed by atoms with van der Waals surface area (Å²) in [5.41, 5.74) is 1.30. The summed E-state index contributed by atoms with van der Waals surface area (Å²) in [7, 11) is -3.89. The van der Waals surface area contributed by atoms with Crippen molar-refractivity contribution >= 4 is 56.4 Å². The van der Waals surface area contributed by atoms with E-state index in [2.05, 4.69) is 5.32 Å². The lowest BCUT2D eigenvalue weighted by atomic mass is 10.1. The Balaban J connectivity index is 1.95. The van der Waals surface area contributed by atoms with E-state index >= 15 is 0 Å². The number of hydrogen-bond acceptors (Lipinski definition) is 4. The van der Waals surface area contributed by atoms with Crippen LogP contribution in [0.1, 0.15) is 15.9 Å². The topological polar surface area (TPSA) is 75.7 Å². The Morgan fingerprint density at radius 3 is 2.39 bits per heavy atom. The first-order valence-corrected chi connectivity index (χ1v) is 10.9. The van der Waals surface area contributed by atoms with Gasteiger partial charge in [-0.25, -0.2) is 8.42 Å². The van der Waals surface area contributed by atoms with Gasteiger partial charge in [0.05, 0.1) is 28.8 Å². The Kier molecular flexibility index (Phi) is 6.54. The van der Waals surface area contributed by atoms with Crippen LogP contribution in [0.3, 0.4) is 0 Å². The number of nitrogens with zero attached hydrogens (tertiary/aromatic N) is 1. The van der Waals surface area contributed by atoms with Crippen LogP contribution in [0.2, 0.25) is 15.1 Å². The number of morpholine rings is 1. The van der Waals surface area contributed by atoms with Crippen LogP contribution in [0.25, 0.3) is 0 Å². The summed E-state index contributed by atoms with van der Waals surface area (Å²) < 4.78 is 32.3. The monoisotopic (exact) mass is 462 g/mol. The van der Waals surface area contributed by atoms with Gasteiger partial charge in [0.25, 0.3) is 5.91 Å². The summed E-state index contributed by atoms with van der Waals surface area (Å²) in [4.78, 5) is 12.6. The molecule has 10 heteroatoms. The van der Waals surface area contributed by atoms with Crippen molar-refractivity contribution < 1.29 is 17.9 Å². The van der Waals surface area contributed by atoms with E-state index in [9.17, 15) is 13.2 Å². The lowest BCUT2D eigenvalue weighted by Crippen LogP contribution is -2.40. The minimum absolute atomic E-state index is 0.00671. The average molecular weight is 464 g/mol. The molecule has 1 heterocycles. The Morgan fingerprint density at radius 2 is 1.75 bits per heavy atom. The average Bonchev–Trinajstić information content (AvgIpc) is 2.64. The molecule has 1 aliphatic heterocycles. The zero-order valence-electron chi connectivity index (χ0n) is 14.8. The van der Waals surface area contributed by atoms with Gasteiger partial charge in [-0.3, -0.25) is 4.79 Å². The Morgan fingerprint density at radius 1 is 1.07 bits per heavy atom. The molecule has 1 saturated heterocycles. The van der Waals surface area contributed by atoms with Gasteiger partial charge in [0.15, 0.2) is 0 Å². The molecule has 0 atom stereocenters. The van der Waals surface area contributed by atoms with Crippen molar-refractivity contribution in [2.45, 2.75) is 11.8 Å². The van der Waals surface area contributed by atoms with Gasteiger partial charge in [-0.1, -0.05) is 34.8 Å². The molecule has 150 valence electrons. The number of carbonyl (C=O) groups is 1.